The molecule has 0 unspecified atom stereocenters. The Morgan fingerprint density at radius 3 is 2.35 bits per heavy atom. The van der Waals surface area contributed by atoms with Gasteiger partial charge in [-0.25, -0.2) is 13.1 Å². The van der Waals surface area contributed by atoms with Crippen molar-refractivity contribution in [2.75, 3.05) is 7.05 Å². The molecule has 1 aromatic heterocycles. The van der Waals surface area contributed by atoms with Gasteiger partial charge in [-0.15, -0.1) is 12.4 Å². The molecule has 2 aromatic rings. The molecule has 23 heavy (non-hydrogen) atoms. The van der Waals surface area contributed by atoms with Gasteiger partial charge >= 0.3 is 0 Å². The van der Waals surface area contributed by atoms with Gasteiger partial charge in [0.2, 0.25) is 10.0 Å². The number of aryl methyl sites for hydroxylation is 2. The Morgan fingerprint density at radius 1 is 1.13 bits per heavy atom. The number of halogens is 1. The molecule has 0 aliphatic rings. The first kappa shape index (κ1) is 19.6. The fourth-order valence-electron chi connectivity index (χ4n) is 2.30. The average molecular weight is 359 g/mol. The second kappa shape index (κ2) is 8.44. The van der Waals surface area contributed by atoms with Crippen LogP contribution in [0.5, 0.6) is 0 Å². The molecule has 0 saturated heterocycles. The number of sulfonamides is 1. The maximum atomic E-state index is 11.7. The molecule has 128 valence electrons. The molecule has 3 N–H and O–H groups in total. The molecule has 0 amide bonds. The fraction of sp³-hybridized carbons (Fsp3) is 0.400. The number of aromatic nitrogens is 2. The maximum Gasteiger partial charge on any atom is 0.215 e. The highest BCUT2D eigenvalue weighted by Crippen LogP contribution is 2.13. The first-order valence-corrected chi connectivity index (χ1v) is 8.77. The smallest absolute Gasteiger partial charge is 0.215 e. The third-order valence-electron chi connectivity index (χ3n) is 3.67. The van der Waals surface area contributed by atoms with Crippen molar-refractivity contribution < 1.29 is 8.42 Å². The summed E-state index contributed by atoms with van der Waals surface area (Å²) in [5.41, 5.74) is 4.98. The largest absolute Gasteiger partial charge is 0.308 e. The molecule has 0 saturated carbocycles. The zero-order valence-corrected chi connectivity index (χ0v) is 15.1. The molecule has 0 aliphatic heterocycles. The molecular weight excluding hydrogens is 336 g/mol. The van der Waals surface area contributed by atoms with Crippen LogP contribution >= 0.6 is 12.4 Å². The molecule has 1 aromatic carbocycles. The minimum atomic E-state index is -3.27. The first-order chi connectivity index (χ1) is 10.4. The van der Waals surface area contributed by atoms with Crippen LogP contribution in [0, 0.1) is 13.8 Å². The van der Waals surface area contributed by atoms with Crippen molar-refractivity contribution in [1.82, 2.24) is 20.2 Å². The van der Waals surface area contributed by atoms with E-state index in [1.54, 1.807) is 0 Å². The second-order valence-corrected chi connectivity index (χ2v) is 7.17. The molecule has 8 heteroatoms. The first-order valence-electron chi connectivity index (χ1n) is 7.12. The summed E-state index contributed by atoms with van der Waals surface area (Å²) in [5.74, 6) is -0.00881. The molecule has 0 spiro atoms. The van der Waals surface area contributed by atoms with Gasteiger partial charge in [0, 0.05) is 24.3 Å². The van der Waals surface area contributed by atoms with E-state index >= 15 is 0 Å². The topological polar surface area (TPSA) is 86.9 Å². The van der Waals surface area contributed by atoms with E-state index in [1.807, 2.05) is 38.1 Å². The summed E-state index contributed by atoms with van der Waals surface area (Å²) < 4.78 is 25.8. The quantitative estimate of drug-likeness (QED) is 0.704. The van der Waals surface area contributed by atoms with Crippen LogP contribution in [0.4, 0.5) is 0 Å². The normalized spacial score (nSPS) is 11.3. The summed E-state index contributed by atoms with van der Waals surface area (Å²) in [6.07, 6.45) is 0. The molecule has 1 heterocycles. The van der Waals surface area contributed by atoms with Gasteiger partial charge < -0.3 is 5.32 Å². The van der Waals surface area contributed by atoms with Gasteiger partial charge in [-0.1, -0.05) is 24.3 Å². The molecule has 2 rings (SSSR count). The van der Waals surface area contributed by atoms with E-state index in [0.717, 1.165) is 28.1 Å². The summed E-state index contributed by atoms with van der Waals surface area (Å²) in [4.78, 5) is 0. The average Bonchev–Trinajstić information content (AvgIpc) is 2.80. The number of nitrogens with one attached hydrogen (secondary N) is 3. The number of benzene rings is 1. The molecular formula is C15H23ClN4O2S. The zero-order valence-electron chi connectivity index (χ0n) is 13.5. The number of rotatable bonds is 7. The molecule has 6 nitrogen and oxygen atoms in total. The van der Waals surface area contributed by atoms with E-state index in [9.17, 15) is 8.42 Å². The van der Waals surface area contributed by atoms with Crippen LogP contribution in [-0.4, -0.2) is 25.7 Å². The lowest BCUT2D eigenvalue weighted by molar-refractivity contribution is 0.587. The van der Waals surface area contributed by atoms with Crippen molar-refractivity contribution in [3.8, 4) is 0 Å². The van der Waals surface area contributed by atoms with Gasteiger partial charge in [-0.3, -0.25) is 5.10 Å². The van der Waals surface area contributed by atoms with Gasteiger partial charge in [0.15, 0.2) is 0 Å². The van der Waals surface area contributed by atoms with Crippen molar-refractivity contribution in [3.63, 3.8) is 0 Å². The van der Waals surface area contributed by atoms with Gasteiger partial charge in [-0.05, 0) is 32.0 Å². The third kappa shape index (κ3) is 5.31. The monoisotopic (exact) mass is 358 g/mol. The summed E-state index contributed by atoms with van der Waals surface area (Å²) in [7, 11) is -1.84. The van der Waals surface area contributed by atoms with Crippen LogP contribution in [0.1, 0.15) is 28.1 Å². The lowest BCUT2D eigenvalue weighted by Gasteiger charge is -2.11. The predicted molar refractivity (Wildman–Crippen MR) is 94.0 cm³/mol. The van der Waals surface area contributed by atoms with Crippen molar-refractivity contribution in [3.05, 3.63) is 52.3 Å². The Kier molecular flexibility index (Phi) is 7.21. The van der Waals surface area contributed by atoms with E-state index in [0.29, 0.717) is 13.1 Å². The Morgan fingerprint density at radius 2 is 1.78 bits per heavy atom. The summed E-state index contributed by atoms with van der Waals surface area (Å²) in [6.45, 7) is 5.26. The lowest BCUT2D eigenvalue weighted by Crippen LogP contribution is -2.22. The molecule has 0 aliphatic carbocycles. The zero-order chi connectivity index (χ0) is 16.2. The van der Waals surface area contributed by atoms with Crippen LogP contribution in [0.3, 0.4) is 0 Å². The highest BCUT2D eigenvalue weighted by molar-refractivity contribution is 7.88. The SMILES string of the molecule is CNS(=O)(=O)Cc1ccccc1CNCc1c(C)n[nH]c1C.Cl. The van der Waals surface area contributed by atoms with E-state index < -0.39 is 10.0 Å². The van der Waals surface area contributed by atoms with E-state index in [4.69, 9.17) is 0 Å². The van der Waals surface area contributed by atoms with Gasteiger partial charge in [0.05, 0.1) is 11.4 Å². The number of hydrogen-bond acceptors (Lipinski definition) is 4. The number of aromatic amines is 1. The number of nitrogens with zero attached hydrogens (tertiary/aromatic N) is 1. The molecule has 0 fully saturated rings. The van der Waals surface area contributed by atoms with E-state index in [-0.39, 0.29) is 18.2 Å². The Labute approximate surface area is 143 Å². The Bertz CT molecular complexity index is 724. The molecule has 0 atom stereocenters. The Balaban J connectivity index is 0.00000264. The van der Waals surface area contributed by atoms with Gasteiger partial charge in [0.1, 0.15) is 0 Å². The Hall–Kier alpha value is -1.41. The summed E-state index contributed by atoms with van der Waals surface area (Å²) in [5, 5.41) is 10.5. The minimum absolute atomic E-state index is 0. The van der Waals surface area contributed by atoms with Crippen molar-refractivity contribution in [2.24, 2.45) is 0 Å². The van der Waals surface area contributed by atoms with Crippen LogP contribution in [0.25, 0.3) is 0 Å². The highest BCUT2D eigenvalue weighted by atomic mass is 35.5. The van der Waals surface area contributed by atoms with Gasteiger partial charge in [-0.2, -0.15) is 5.10 Å². The minimum Gasteiger partial charge on any atom is -0.308 e. The third-order valence-corrected chi connectivity index (χ3v) is 4.99. The van der Waals surface area contributed by atoms with Crippen LogP contribution in [0.15, 0.2) is 24.3 Å². The number of H-pyrrole nitrogens is 1. The molecule has 0 bridgehead atoms. The summed E-state index contributed by atoms with van der Waals surface area (Å²) in [6, 6.07) is 7.57. The van der Waals surface area contributed by atoms with E-state index in [1.165, 1.54) is 7.05 Å². The van der Waals surface area contributed by atoms with Gasteiger partial charge in [0.25, 0.3) is 0 Å². The second-order valence-electron chi connectivity index (χ2n) is 5.25. The van der Waals surface area contributed by atoms with E-state index in [2.05, 4.69) is 20.2 Å². The fourth-order valence-corrected chi connectivity index (χ4v) is 3.14. The maximum absolute atomic E-state index is 11.7. The van der Waals surface area contributed by atoms with Crippen molar-refractivity contribution in [1.29, 1.82) is 0 Å². The summed E-state index contributed by atoms with van der Waals surface area (Å²) >= 11 is 0. The molecule has 0 radical (unpaired) electrons. The van der Waals surface area contributed by atoms with Crippen LogP contribution in [-0.2, 0) is 28.9 Å². The number of hydrogen-bond donors (Lipinski definition) is 3. The predicted octanol–water partition coefficient (Wildman–Crippen LogP) is 1.79. The van der Waals surface area contributed by atoms with Crippen molar-refractivity contribution >= 4 is 22.4 Å². The lowest BCUT2D eigenvalue weighted by atomic mass is 10.1. The standard InChI is InChI=1S/C15H22N4O2S.ClH/c1-11-15(12(2)19-18-11)9-17-8-13-6-4-5-7-14(13)10-22(20,21)16-3;/h4-7,16-17H,8-10H2,1-3H3,(H,18,19);1H. The van der Waals surface area contributed by atoms with Crippen molar-refractivity contribution in [2.45, 2.75) is 32.7 Å². The highest BCUT2D eigenvalue weighted by Gasteiger charge is 2.12. The van der Waals surface area contributed by atoms with Crippen LogP contribution in [0.2, 0.25) is 0 Å². The van der Waals surface area contributed by atoms with Crippen LogP contribution < -0.4 is 10.0 Å².